The molecule has 0 radical (unpaired) electrons. The first-order valence-electron chi connectivity index (χ1n) is 32.6. The number of esters is 2. The van der Waals surface area contributed by atoms with Crippen molar-refractivity contribution in [3.8, 4) is 0 Å². The van der Waals surface area contributed by atoms with Crippen LogP contribution in [0.5, 0.6) is 0 Å². The molecular weight excluding hydrogens is 1010 g/mol. The smallest absolute Gasteiger partial charge is 0.306 e. The number of unbranched alkanes of at least 4 members (excludes halogenated alkanes) is 27. The molecule has 0 amide bonds. The Morgan fingerprint density at radius 2 is 0.675 bits per heavy atom. The first-order valence-corrected chi connectivity index (χ1v) is 34.1. The Morgan fingerprint density at radius 1 is 0.388 bits per heavy atom. The second kappa shape index (κ2) is 60.3. The van der Waals surface area contributed by atoms with Gasteiger partial charge in [0.1, 0.15) is 19.8 Å². The van der Waals surface area contributed by atoms with E-state index in [4.69, 9.17) is 18.5 Å². The minimum Gasteiger partial charge on any atom is -0.756 e. The molecule has 0 aromatic carbocycles. The monoisotopic (exact) mass is 1140 g/mol. The van der Waals surface area contributed by atoms with Gasteiger partial charge in [0, 0.05) is 12.8 Å². The summed E-state index contributed by atoms with van der Waals surface area (Å²) in [6.07, 6.45) is 84.4. The molecule has 0 aromatic heterocycles. The molecule has 0 aliphatic rings. The van der Waals surface area contributed by atoms with E-state index < -0.39 is 32.5 Å². The highest BCUT2D eigenvalue weighted by atomic mass is 31.2. The predicted molar refractivity (Wildman–Crippen MR) is 342 cm³/mol. The van der Waals surface area contributed by atoms with Gasteiger partial charge < -0.3 is 27.9 Å². The van der Waals surface area contributed by atoms with Gasteiger partial charge in [0.15, 0.2) is 6.10 Å². The number of hydrogen-bond acceptors (Lipinski definition) is 8. The number of phosphoric ester groups is 1. The van der Waals surface area contributed by atoms with Gasteiger partial charge in [0.2, 0.25) is 0 Å². The van der Waals surface area contributed by atoms with Crippen LogP contribution in [0.4, 0.5) is 0 Å². The van der Waals surface area contributed by atoms with Crippen molar-refractivity contribution in [3.05, 3.63) is 109 Å². The molecule has 0 saturated carbocycles. The van der Waals surface area contributed by atoms with E-state index in [9.17, 15) is 19.0 Å². The molecule has 0 fully saturated rings. The maximum Gasteiger partial charge on any atom is 0.306 e. The highest BCUT2D eigenvalue weighted by molar-refractivity contribution is 7.45. The zero-order chi connectivity index (χ0) is 58.4. The Bertz CT molecular complexity index is 1720. The van der Waals surface area contributed by atoms with Crippen LogP contribution in [-0.4, -0.2) is 70.0 Å². The van der Waals surface area contributed by atoms with Crippen molar-refractivity contribution in [2.45, 2.75) is 277 Å². The fourth-order valence-electron chi connectivity index (χ4n) is 8.85. The summed E-state index contributed by atoms with van der Waals surface area (Å²) in [6, 6.07) is 0. The second-order valence-corrected chi connectivity index (χ2v) is 24.1. The number of carbonyl (C=O) groups is 2. The van der Waals surface area contributed by atoms with Gasteiger partial charge in [-0.3, -0.25) is 14.2 Å². The first kappa shape index (κ1) is 76.7. The first-order chi connectivity index (χ1) is 39.0. The molecule has 0 aliphatic carbocycles. The average molecular weight is 1140 g/mol. The maximum atomic E-state index is 12.8. The Balaban J connectivity index is 4.05. The van der Waals surface area contributed by atoms with Crippen molar-refractivity contribution in [1.82, 2.24) is 0 Å². The Hall–Kier alpha value is -3.33. The normalized spacial score (nSPS) is 13.9. The van der Waals surface area contributed by atoms with Gasteiger partial charge in [-0.25, -0.2) is 0 Å². The molecule has 0 saturated heterocycles. The summed E-state index contributed by atoms with van der Waals surface area (Å²) in [5.41, 5.74) is 0. The minimum absolute atomic E-state index is 0.0355. The summed E-state index contributed by atoms with van der Waals surface area (Å²) in [7, 11) is 1.16. The predicted octanol–water partition coefficient (Wildman–Crippen LogP) is 20.3. The van der Waals surface area contributed by atoms with E-state index in [2.05, 4.69) is 123 Å². The van der Waals surface area contributed by atoms with Crippen molar-refractivity contribution >= 4 is 19.8 Å². The Morgan fingerprint density at radius 3 is 1.00 bits per heavy atom. The van der Waals surface area contributed by atoms with E-state index in [1.165, 1.54) is 128 Å². The molecule has 80 heavy (non-hydrogen) atoms. The summed E-state index contributed by atoms with van der Waals surface area (Å²) >= 11 is 0. The lowest BCUT2D eigenvalue weighted by Gasteiger charge is -2.28. The zero-order valence-electron chi connectivity index (χ0n) is 52.2. The van der Waals surface area contributed by atoms with E-state index in [0.29, 0.717) is 17.4 Å². The molecule has 0 aliphatic heterocycles. The van der Waals surface area contributed by atoms with Crippen LogP contribution in [-0.2, 0) is 32.7 Å². The molecule has 0 bridgehead atoms. The van der Waals surface area contributed by atoms with Crippen LogP contribution in [0.25, 0.3) is 0 Å². The molecule has 0 heterocycles. The summed E-state index contributed by atoms with van der Waals surface area (Å²) in [5.74, 6) is -0.839. The van der Waals surface area contributed by atoms with Crippen LogP contribution in [0.2, 0.25) is 0 Å². The third-order valence-corrected chi connectivity index (χ3v) is 14.8. The van der Waals surface area contributed by atoms with Crippen LogP contribution in [0.1, 0.15) is 271 Å². The molecule has 9 nitrogen and oxygen atoms in total. The lowest BCUT2D eigenvalue weighted by molar-refractivity contribution is -0.870. The fourth-order valence-corrected chi connectivity index (χ4v) is 9.58. The Kier molecular flexibility index (Phi) is 57.8. The molecule has 0 rings (SSSR count). The second-order valence-electron chi connectivity index (χ2n) is 22.7. The van der Waals surface area contributed by atoms with Gasteiger partial charge in [-0.1, -0.05) is 271 Å². The average Bonchev–Trinajstić information content (AvgIpc) is 3.42. The SMILES string of the molecule is CC/C=C\C/C=C\C/C=C\C/C=C\C/C=C\CCCCCCCCCCCCCCCCCCCCCC(=O)OC(COC(=O)CCCCCCCCCC/C=C\C/C=C\C/C=C\C/C=C\CC)COP(=O)([O-])OCC[N+](C)(C)C. The quantitative estimate of drug-likeness (QED) is 0.0195. The van der Waals surface area contributed by atoms with Crippen LogP contribution in [0.15, 0.2) is 109 Å². The number of carbonyl (C=O) groups excluding carboxylic acids is 2. The van der Waals surface area contributed by atoms with Crippen molar-refractivity contribution in [2.75, 3.05) is 47.5 Å². The molecule has 10 heteroatoms. The van der Waals surface area contributed by atoms with Gasteiger partial charge in [-0.2, -0.15) is 0 Å². The number of phosphoric acid groups is 1. The van der Waals surface area contributed by atoms with Gasteiger partial charge in [0.25, 0.3) is 7.82 Å². The number of allylic oxidation sites excluding steroid dienone is 18. The fraction of sp³-hybridized carbons (Fsp3) is 0.714. The number of quaternary nitrogens is 1. The van der Waals surface area contributed by atoms with Crippen molar-refractivity contribution in [2.24, 2.45) is 0 Å². The number of rotatable bonds is 59. The summed E-state index contributed by atoms with van der Waals surface area (Å²) in [5, 5.41) is 0. The lowest BCUT2D eigenvalue weighted by Crippen LogP contribution is -2.37. The van der Waals surface area contributed by atoms with Gasteiger partial charge in [0.05, 0.1) is 27.7 Å². The van der Waals surface area contributed by atoms with E-state index in [1.54, 1.807) is 0 Å². The molecule has 460 valence electrons. The number of hydrogen-bond donors (Lipinski definition) is 0. The van der Waals surface area contributed by atoms with Crippen LogP contribution < -0.4 is 4.89 Å². The van der Waals surface area contributed by atoms with Crippen molar-refractivity contribution in [3.63, 3.8) is 0 Å². The number of likely N-dealkylation sites (N-methyl/N-ethyl adjacent to an activating group) is 1. The number of ether oxygens (including phenoxy) is 2. The summed E-state index contributed by atoms with van der Waals surface area (Å²) in [4.78, 5) is 38.0. The van der Waals surface area contributed by atoms with Gasteiger partial charge in [-0.05, 0) is 96.3 Å². The van der Waals surface area contributed by atoms with Crippen molar-refractivity contribution in [1.29, 1.82) is 0 Å². The maximum absolute atomic E-state index is 12.8. The van der Waals surface area contributed by atoms with E-state index >= 15 is 0 Å². The summed E-state index contributed by atoms with van der Waals surface area (Å²) < 4.78 is 34.2. The topological polar surface area (TPSA) is 111 Å². The molecule has 0 spiro atoms. The van der Waals surface area contributed by atoms with Crippen LogP contribution >= 0.6 is 7.82 Å². The van der Waals surface area contributed by atoms with Gasteiger partial charge >= 0.3 is 11.9 Å². The standard InChI is InChI=1S/C70H122NO8P/c1-6-8-10-12-14-16-18-20-22-24-26-28-29-30-31-32-33-34-35-36-37-38-39-40-41-43-45-47-49-51-53-55-57-59-61-63-70(73)79-68(67-78-80(74,75)77-65-64-71(3,4)5)66-76-69(72)62-60-58-56-54-52-50-48-46-44-42-27-25-23-21-19-17-15-13-11-9-7-2/h8-11,14-17,20-23,26-28,30-31,42,68H,6-7,12-13,18-19,24-25,29,32-41,43-67H2,1-5H3/b10-8-,11-9-,16-14-,17-15-,22-20-,23-21-,28-26-,31-30-,42-27-. The third kappa shape index (κ3) is 63.8. The third-order valence-electron chi connectivity index (χ3n) is 13.8. The molecular formula is C70H122NO8P. The lowest BCUT2D eigenvalue weighted by atomic mass is 10.0. The molecule has 0 N–H and O–H groups in total. The van der Waals surface area contributed by atoms with Crippen LogP contribution in [0.3, 0.4) is 0 Å². The van der Waals surface area contributed by atoms with E-state index in [0.717, 1.165) is 109 Å². The van der Waals surface area contributed by atoms with Crippen molar-refractivity contribution < 1.29 is 42.1 Å². The highest BCUT2D eigenvalue weighted by Crippen LogP contribution is 2.38. The van der Waals surface area contributed by atoms with Crippen LogP contribution in [0, 0.1) is 0 Å². The molecule has 2 unspecified atom stereocenters. The zero-order valence-corrected chi connectivity index (χ0v) is 53.1. The largest absolute Gasteiger partial charge is 0.756 e. The Labute approximate surface area is 493 Å². The minimum atomic E-state index is -4.65. The number of nitrogens with zero attached hydrogens (tertiary/aromatic N) is 1. The molecule has 0 aromatic rings. The highest BCUT2D eigenvalue weighted by Gasteiger charge is 2.22. The van der Waals surface area contributed by atoms with Gasteiger partial charge in [-0.15, -0.1) is 0 Å². The van der Waals surface area contributed by atoms with E-state index in [-0.39, 0.29) is 26.1 Å². The summed E-state index contributed by atoms with van der Waals surface area (Å²) in [6.45, 7) is 4.02. The molecule has 2 atom stereocenters. The van der Waals surface area contributed by atoms with E-state index in [1.807, 2.05) is 21.1 Å².